The van der Waals surface area contributed by atoms with Crippen molar-refractivity contribution in [3.63, 3.8) is 0 Å². The van der Waals surface area contributed by atoms with Gasteiger partial charge in [0.1, 0.15) is 0 Å². The second-order valence-electron chi connectivity index (χ2n) is 3.81. The molecule has 0 radical (unpaired) electrons. The number of guanidine groups is 1. The molecule has 2 fully saturated rings. The molecule has 1 saturated heterocycles. The van der Waals surface area contributed by atoms with Gasteiger partial charge in [-0.2, -0.15) is 0 Å². The van der Waals surface area contributed by atoms with E-state index in [4.69, 9.17) is 10.5 Å². The largest absolute Gasteiger partial charge is 0.380 e. The molecule has 0 bridgehead atoms. The fourth-order valence-corrected chi connectivity index (χ4v) is 1.60. The van der Waals surface area contributed by atoms with E-state index in [2.05, 4.69) is 9.89 Å². The first kappa shape index (κ1) is 8.81. The zero-order valence-electron chi connectivity index (χ0n) is 8.07. The van der Waals surface area contributed by atoms with Crippen molar-refractivity contribution in [1.82, 2.24) is 4.90 Å². The predicted octanol–water partition coefficient (Wildman–Crippen LogP) is 0.184. The Morgan fingerprint density at radius 1 is 1.46 bits per heavy atom. The van der Waals surface area contributed by atoms with Crippen molar-refractivity contribution in [2.75, 3.05) is 20.2 Å². The van der Waals surface area contributed by atoms with Gasteiger partial charge in [0.25, 0.3) is 0 Å². The molecule has 0 aromatic carbocycles. The summed E-state index contributed by atoms with van der Waals surface area (Å²) in [4.78, 5) is 6.52. The summed E-state index contributed by atoms with van der Waals surface area (Å²) in [5, 5.41) is 0. The van der Waals surface area contributed by atoms with Crippen molar-refractivity contribution in [1.29, 1.82) is 0 Å². The van der Waals surface area contributed by atoms with Crippen molar-refractivity contribution in [2.45, 2.75) is 31.4 Å². The molecule has 1 heterocycles. The Hall–Kier alpha value is -0.770. The number of hydrogen-bond acceptors (Lipinski definition) is 2. The summed E-state index contributed by atoms with van der Waals surface area (Å²) >= 11 is 0. The summed E-state index contributed by atoms with van der Waals surface area (Å²) in [5.41, 5.74) is 5.86. The summed E-state index contributed by atoms with van der Waals surface area (Å²) in [6.07, 6.45) is 3.83. The van der Waals surface area contributed by atoms with Crippen LogP contribution in [-0.4, -0.2) is 43.2 Å². The van der Waals surface area contributed by atoms with Crippen LogP contribution in [0.1, 0.15) is 19.3 Å². The van der Waals surface area contributed by atoms with Crippen LogP contribution in [0.2, 0.25) is 0 Å². The molecule has 0 spiro atoms. The smallest absolute Gasteiger partial charge is 0.191 e. The van der Waals surface area contributed by atoms with Gasteiger partial charge in [-0.3, -0.25) is 0 Å². The fraction of sp³-hybridized carbons (Fsp3) is 0.889. The monoisotopic (exact) mass is 183 g/mol. The van der Waals surface area contributed by atoms with Crippen molar-refractivity contribution in [3.05, 3.63) is 0 Å². The first-order chi connectivity index (χ1) is 6.29. The maximum absolute atomic E-state index is 5.86. The molecule has 74 valence electrons. The fourth-order valence-electron chi connectivity index (χ4n) is 1.60. The Kier molecular flexibility index (Phi) is 2.40. The minimum absolute atomic E-state index is 0.341. The molecular formula is C9H17N3O. The number of likely N-dealkylation sites (tertiary alicyclic amines) is 1. The highest BCUT2D eigenvalue weighted by atomic mass is 16.5. The maximum Gasteiger partial charge on any atom is 0.191 e. The highest BCUT2D eigenvalue weighted by Crippen LogP contribution is 2.24. The van der Waals surface area contributed by atoms with E-state index in [1.807, 2.05) is 0 Å². The van der Waals surface area contributed by atoms with E-state index >= 15 is 0 Å². The Bertz CT molecular complexity index is 213. The van der Waals surface area contributed by atoms with Crippen LogP contribution in [0.5, 0.6) is 0 Å². The summed E-state index contributed by atoms with van der Waals surface area (Å²) < 4.78 is 5.26. The minimum atomic E-state index is 0.341. The first-order valence-corrected chi connectivity index (χ1v) is 4.90. The van der Waals surface area contributed by atoms with E-state index in [0.29, 0.717) is 18.1 Å². The highest BCUT2D eigenvalue weighted by molar-refractivity contribution is 5.78. The van der Waals surface area contributed by atoms with Gasteiger partial charge < -0.3 is 15.4 Å². The van der Waals surface area contributed by atoms with Crippen LogP contribution in [0.25, 0.3) is 0 Å². The number of hydrogen-bond donors (Lipinski definition) is 1. The van der Waals surface area contributed by atoms with Gasteiger partial charge in [-0.15, -0.1) is 0 Å². The molecule has 2 rings (SSSR count). The molecule has 1 atom stereocenters. The minimum Gasteiger partial charge on any atom is -0.380 e. The van der Waals surface area contributed by atoms with Gasteiger partial charge >= 0.3 is 0 Å². The molecule has 0 aromatic rings. The number of nitrogens with zero attached hydrogens (tertiary/aromatic N) is 2. The van der Waals surface area contributed by atoms with E-state index in [-0.39, 0.29) is 0 Å². The Balaban J connectivity index is 1.86. The third-order valence-electron chi connectivity index (χ3n) is 2.66. The molecule has 4 nitrogen and oxygen atoms in total. The van der Waals surface area contributed by atoms with Crippen LogP contribution in [0.3, 0.4) is 0 Å². The lowest BCUT2D eigenvalue weighted by Gasteiger charge is -2.16. The van der Waals surface area contributed by atoms with Gasteiger partial charge in [-0.1, -0.05) is 0 Å². The van der Waals surface area contributed by atoms with Crippen LogP contribution in [0, 0.1) is 0 Å². The molecule has 0 amide bonds. The van der Waals surface area contributed by atoms with E-state index in [0.717, 1.165) is 19.5 Å². The molecule has 4 heteroatoms. The van der Waals surface area contributed by atoms with Crippen LogP contribution < -0.4 is 5.73 Å². The topological polar surface area (TPSA) is 50.9 Å². The Labute approximate surface area is 78.8 Å². The molecule has 1 aliphatic heterocycles. The van der Waals surface area contributed by atoms with E-state index in [1.165, 1.54) is 12.8 Å². The molecule has 1 saturated carbocycles. The third-order valence-corrected chi connectivity index (χ3v) is 2.66. The predicted molar refractivity (Wildman–Crippen MR) is 51.6 cm³/mol. The van der Waals surface area contributed by atoms with E-state index in [9.17, 15) is 0 Å². The van der Waals surface area contributed by atoms with Crippen LogP contribution in [0.4, 0.5) is 0 Å². The quantitative estimate of drug-likeness (QED) is 0.491. The van der Waals surface area contributed by atoms with E-state index in [1.54, 1.807) is 7.11 Å². The standard InChI is InChI=1S/C9H17N3O/c1-13-8-4-5-12(6-8)9(10)11-7-2-3-7/h7-8H,2-6H2,1H3,(H2,10,11). The SMILES string of the molecule is COC1CCN(C(N)=NC2CC2)C1. The molecule has 2 N–H and O–H groups in total. The summed E-state index contributed by atoms with van der Waals surface area (Å²) in [6.45, 7) is 1.89. The van der Waals surface area contributed by atoms with Crippen molar-refractivity contribution < 1.29 is 4.74 Å². The van der Waals surface area contributed by atoms with Gasteiger partial charge in [0, 0.05) is 20.2 Å². The Morgan fingerprint density at radius 2 is 2.23 bits per heavy atom. The lowest BCUT2D eigenvalue weighted by molar-refractivity contribution is 0.114. The highest BCUT2D eigenvalue weighted by Gasteiger charge is 2.26. The third kappa shape index (κ3) is 2.12. The number of rotatable bonds is 2. The molecule has 13 heavy (non-hydrogen) atoms. The van der Waals surface area contributed by atoms with Gasteiger partial charge in [0.2, 0.25) is 0 Å². The van der Waals surface area contributed by atoms with Crippen molar-refractivity contribution in [2.24, 2.45) is 10.7 Å². The van der Waals surface area contributed by atoms with Gasteiger partial charge in [-0.05, 0) is 19.3 Å². The van der Waals surface area contributed by atoms with Crippen molar-refractivity contribution >= 4 is 5.96 Å². The average molecular weight is 183 g/mol. The second-order valence-corrected chi connectivity index (χ2v) is 3.81. The van der Waals surface area contributed by atoms with Gasteiger partial charge in [-0.25, -0.2) is 4.99 Å². The van der Waals surface area contributed by atoms with Gasteiger partial charge in [0.15, 0.2) is 5.96 Å². The average Bonchev–Trinajstić information content (AvgIpc) is 2.82. The molecule has 1 unspecified atom stereocenters. The summed E-state index contributed by atoms with van der Waals surface area (Å²) in [7, 11) is 1.75. The number of nitrogens with two attached hydrogens (primary N) is 1. The second kappa shape index (κ2) is 3.54. The molecule has 0 aromatic heterocycles. The summed E-state index contributed by atoms with van der Waals surface area (Å²) in [5.74, 6) is 0.710. The molecule has 1 aliphatic carbocycles. The van der Waals surface area contributed by atoms with Crippen LogP contribution in [-0.2, 0) is 4.74 Å². The zero-order valence-corrected chi connectivity index (χ0v) is 8.07. The maximum atomic E-state index is 5.86. The summed E-state index contributed by atoms with van der Waals surface area (Å²) in [6, 6.07) is 0.515. The first-order valence-electron chi connectivity index (χ1n) is 4.90. The number of ether oxygens (including phenoxy) is 1. The van der Waals surface area contributed by atoms with Crippen LogP contribution >= 0.6 is 0 Å². The molecular weight excluding hydrogens is 166 g/mol. The zero-order chi connectivity index (χ0) is 9.26. The Morgan fingerprint density at radius 3 is 2.77 bits per heavy atom. The van der Waals surface area contributed by atoms with Crippen molar-refractivity contribution in [3.8, 4) is 0 Å². The number of aliphatic imine (C=N–C) groups is 1. The molecule has 2 aliphatic rings. The lowest BCUT2D eigenvalue weighted by atomic mass is 10.3. The van der Waals surface area contributed by atoms with Crippen LogP contribution in [0.15, 0.2) is 4.99 Å². The van der Waals surface area contributed by atoms with E-state index < -0.39 is 0 Å². The number of methoxy groups -OCH3 is 1. The normalized spacial score (nSPS) is 29.8. The van der Waals surface area contributed by atoms with Gasteiger partial charge in [0.05, 0.1) is 12.1 Å². The lowest BCUT2D eigenvalue weighted by Crippen LogP contribution is -2.36.